The number of carboxylic acid groups (broad SMARTS) is 2. The Hall–Kier alpha value is -4.80. The van der Waals surface area contributed by atoms with E-state index in [0.717, 1.165) is 0 Å². The number of nitro benzene ring substituents is 1. The predicted molar refractivity (Wildman–Crippen MR) is 108 cm³/mol. The second kappa shape index (κ2) is 7.55. The lowest BCUT2D eigenvalue weighted by atomic mass is 9.99. The molecule has 31 heavy (non-hydrogen) atoms. The monoisotopic (exact) mass is 420 g/mol. The van der Waals surface area contributed by atoms with Gasteiger partial charge in [-0.3, -0.25) is 10.1 Å². The summed E-state index contributed by atoms with van der Waals surface area (Å²) in [5.41, 5.74) is 1.78. The van der Waals surface area contributed by atoms with Gasteiger partial charge >= 0.3 is 17.6 Å². The lowest BCUT2D eigenvalue weighted by Crippen LogP contribution is -2.01. The number of benzene rings is 3. The van der Waals surface area contributed by atoms with E-state index in [1.54, 1.807) is 12.1 Å². The number of rotatable bonds is 6. The predicted octanol–water partition coefficient (Wildman–Crippen LogP) is 3.94. The van der Waals surface area contributed by atoms with Crippen LogP contribution in [0.1, 0.15) is 20.7 Å². The van der Waals surface area contributed by atoms with E-state index in [1.165, 1.54) is 42.5 Å². The summed E-state index contributed by atoms with van der Waals surface area (Å²) in [5.74, 6) is -2.22. The number of carboxylic acids is 2. The number of hydrogen-bond donors (Lipinski definition) is 3. The molecule has 0 saturated heterocycles. The summed E-state index contributed by atoms with van der Waals surface area (Å²) in [4.78, 5) is 33.1. The van der Waals surface area contributed by atoms with Gasteiger partial charge in [-0.1, -0.05) is 12.1 Å². The second-order valence-corrected chi connectivity index (χ2v) is 6.42. The maximum atomic E-state index is 11.4. The van der Waals surface area contributed by atoms with Crippen LogP contribution in [0.5, 0.6) is 0 Å². The number of nitro groups is 1. The summed E-state index contributed by atoms with van der Waals surface area (Å²) in [6, 6.07) is 13.0. The number of aromatic nitrogens is 2. The van der Waals surface area contributed by atoms with Gasteiger partial charge in [-0.2, -0.15) is 0 Å². The average molecular weight is 420 g/mol. The van der Waals surface area contributed by atoms with Crippen LogP contribution in [0.25, 0.3) is 22.2 Å². The number of nitrogens with zero attached hydrogens (tertiary/aromatic N) is 3. The van der Waals surface area contributed by atoms with E-state index in [9.17, 15) is 24.8 Å². The van der Waals surface area contributed by atoms with Gasteiger partial charge in [0.05, 0.1) is 21.7 Å². The van der Waals surface area contributed by atoms with Crippen molar-refractivity contribution < 1.29 is 29.4 Å². The van der Waals surface area contributed by atoms with Crippen molar-refractivity contribution in [3.8, 4) is 11.1 Å². The molecule has 0 aliphatic heterocycles. The highest BCUT2D eigenvalue weighted by Crippen LogP contribution is 2.35. The molecule has 0 saturated carbocycles. The number of carbonyl (C=O) groups is 2. The normalized spacial score (nSPS) is 10.7. The molecule has 4 aromatic rings. The molecule has 0 radical (unpaired) electrons. The van der Waals surface area contributed by atoms with Crippen molar-refractivity contribution in [2.24, 2.45) is 0 Å². The van der Waals surface area contributed by atoms with E-state index in [2.05, 4.69) is 20.3 Å². The largest absolute Gasteiger partial charge is 0.478 e. The fourth-order valence-electron chi connectivity index (χ4n) is 3.06. The Morgan fingerprint density at radius 1 is 0.871 bits per heavy atom. The zero-order valence-electron chi connectivity index (χ0n) is 15.5. The van der Waals surface area contributed by atoms with E-state index in [-0.39, 0.29) is 27.8 Å². The summed E-state index contributed by atoms with van der Waals surface area (Å²) < 4.78 is 4.66. The van der Waals surface area contributed by atoms with Crippen LogP contribution >= 0.6 is 0 Å². The highest BCUT2D eigenvalue weighted by Gasteiger charge is 2.20. The first kappa shape index (κ1) is 19.5. The molecule has 4 rings (SSSR count). The molecular weight excluding hydrogens is 408 g/mol. The highest BCUT2D eigenvalue weighted by molar-refractivity contribution is 5.98. The minimum absolute atomic E-state index is 0.0276. The first-order valence-electron chi connectivity index (χ1n) is 8.73. The van der Waals surface area contributed by atoms with Gasteiger partial charge in [-0.05, 0) is 52.3 Å². The molecule has 3 aromatic carbocycles. The van der Waals surface area contributed by atoms with Crippen LogP contribution in [0.2, 0.25) is 0 Å². The van der Waals surface area contributed by atoms with Crippen LogP contribution in [0, 0.1) is 10.1 Å². The Kier molecular flexibility index (Phi) is 4.76. The molecule has 11 nitrogen and oxygen atoms in total. The average Bonchev–Trinajstić information content (AvgIpc) is 3.24. The molecule has 1 heterocycles. The zero-order chi connectivity index (χ0) is 22.1. The number of anilines is 2. The maximum Gasteiger partial charge on any atom is 0.335 e. The molecule has 0 amide bonds. The van der Waals surface area contributed by atoms with Crippen molar-refractivity contribution in [3.63, 3.8) is 0 Å². The van der Waals surface area contributed by atoms with Gasteiger partial charge < -0.3 is 15.5 Å². The first-order valence-corrected chi connectivity index (χ1v) is 8.73. The summed E-state index contributed by atoms with van der Waals surface area (Å²) >= 11 is 0. The lowest BCUT2D eigenvalue weighted by Gasteiger charge is -2.14. The fourth-order valence-corrected chi connectivity index (χ4v) is 3.06. The third-order valence-electron chi connectivity index (χ3n) is 4.57. The number of non-ortho nitro benzene ring substituents is 1. The van der Waals surface area contributed by atoms with Crippen LogP contribution < -0.4 is 5.32 Å². The summed E-state index contributed by atoms with van der Waals surface area (Å²) in [7, 11) is 0. The molecule has 0 bridgehead atoms. The fraction of sp³-hybridized carbons (Fsp3) is 0. The Morgan fingerprint density at radius 3 is 2.13 bits per heavy atom. The SMILES string of the molecule is O=C(O)c1ccc(-c2cc(C(=O)O)ccc2Nc2ccc([N+](=O)[O-])c3nonc23)cc1. The van der Waals surface area contributed by atoms with Gasteiger partial charge in [0.25, 0.3) is 0 Å². The van der Waals surface area contributed by atoms with Gasteiger partial charge in [0, 0.05) is 17.3 Å². The van der Waals surface area contributed by atoms with Crippen LogP contribution in [0.3, 0.4) is 0 Å². The summed E-state index contributed by atoms with van der Waals surface area (Å²) in [5, 5.41) is 40.0. The molecule has 3 N–H and O–H groups in total. The Bertz CT molecular complexity index is 1350. The minimum atomic E-state index is -1.13. The van der Waals surface area contributed by atoms with Gasteiger partial charge in [0.2, 0.25) is 5.52 Å². The lowest BCUT2D eigenvalue weighted by molar-refractivity contribution is -0.383. The molecular formula is C20H12N4O7. The minimum Gasteiger partial charge on any atom is -0.478 e. The molecule has 11 heteroatoms. The topological polar surface area (TPSA) is 169 Å². The highest BCUT2D eigenvalue weighted by atomic mass is 16.6. The molecule has 0 unspecified atom stereocenters. The Morgan fingerprint density at radius 2 is 1.48 bits per heavy atom. The van der Waals surface area contributed by atoms with E-state index < -0.39 is 16.9 Å². The third kappa shape index (κ3) is 3.62. The van der Waals surface area contributed by atoms with Crippen molar-refractivity contribution in [1.82, 2.24) is 10.3 Å². The van der Waals surface area contributed by atoms with E-state index in [1.807, 2.05) is 0 Å². The Balaban J connectivity index is 1.82. The summed E-state index contributed by atoms with van der Waals surface area (Å²) in [6.45, 7) is 0. The molecule has 0 spiro atoms. The van der Waals surface area contributed by atoms with E-state index in [4.69, 9.17) is 5.11 Å². The smallest absolute Gasteiger partial charge is 0.335 e. The standard InChI is InChI=1S/C20H12N4O7/c25-19(26)11-3-1-10(2-4-11)13-9-12(20(27)28)5-6-14(13)21-15-7-8-16(24(29)30)18-17(15)22-31-23-18/h1-9,21H,(H,25,26)(H,27,28). The molecule has 154 valence electrons. The van der Waals surface area contributed by atoms with Crippen LogP contribution in [0.4, 0.5) is 17.1 Å². The molecule has 0 aliphatic rings. The molecule has 0 fully saturated rings. The number of fused-ring (bicyclic) bond motifs is 1. The Labute approximate surface area is 172 Å². The van der Waals surface area contributed by atoms with Gasteiger partial charge in [-0.25, -0.2) is 14.2 Å². The summed E-state index contributed by atoms with van der Waals surface area (Å²) in [6.07, 6.45) is 0. The number of aromatic carboxylic acids is 2. The molecule has 0 aliphatic carbocycles. The van der Waals surface area contributed by atoms with Crippen LogP contribution in [-0.2, 0) is 0 Å². The van der Waals surface area contributed by atoms with Crippen molar-refractivity contribution in [2.75, 3.05) is 5.32 Å². The van der Waals surface area contributed by atoms with Crippen molar-refractivity contribution in [2.45, 2.75) is 0 Å². The van der Waals surface area contributed by atoms with E-state index in [0.29, 0.717) is 22.5 Å². The maximum absolute atomic E-state index is 11.4. The van der Waals surface area contributed by atoms with Crippen LogP contribution in [0.15, 0.2) is 59.2 Å². The number of hydrogen-bond acceptors (Lipinski definition) is 8. The quantitative estimate of drug-likeness (QED) is 0.307. The van der Waals surface area contributed by atoms with E-state index >= 15 is 0 Å². The number of nitrogens with one attached hydrogen (secondary N) is 1. The van der Waals surface area contributed by atoms with Crippen molar-refractivity contribution in [3.05, 3.63) is 75.8 Å². The van der Waals surface area contributed by atoms with Crippen molar-refractivity contribution in [1.29, 1.82) is 0 Å². The van der Waals surface area contributed by atoms with Gasteiger partial charge in [0.15, 0.2) is 5.52 Å². The first-order chi connectivity index (χ1) is 14.8. The molecule has 0 atom stereocenters. The van der Waals surface area contributed by atoms with Gasteiger partial charge in [-0.15, -0.1) is 0 Å². The van der Waals surface area contributed by atoms with Gasteiger partial charge in [0.1, 0.15) is 0 Å². The van der Waals surface area contributed by atoms with Crippen LogP contribution in [-0.4, -0.2) is 37.4 Å². The molecule has 1 aromatic heterocycles. The zero-order valence-corrected chi connectivity index (χ0v) is 15.5. The van der Waals surface area contributed by atoms with Crippen molar-refractivity contribution >= 4 is 40.0 Å². The third-order valence-corrected chi connectivity index (χ3v) is 4.57. The second-order valence-electron chi connectivity index (χ2n) is 6.42.